The Morgan fingerprint density at radius 3 is 2.36 bits per heavy atom. The lowest BCUT2D eigenvalue weighted by atomic mass is 10.2. The minimum absolute atomic E-state index is 0.00435. The third-order valence-electron chi connectivity index (χ3n) is 5.61. The Hall–Kier alpha value is -5.38. The summed E-state index contributed by atoms with van der Waals surface area (Å²) in [5.74, 6) is -0.883. The lowest BCUT2D eigenvalue weighted by Crippen LogP contribution is -2.24. The number of hydrogen-bond donors (Lipinski definition) is 2. The minimum atomic E-state index is -0.591. The van der Waals surface area contributed by atoms with E-state index in [4.69, 9.17) is 4.74 Å². The molecule has 0 aliphatic carbocycles. The molecule has 5 rings (SSSR count). The summed E-state index contributed by atoms with van der Waals surface area (Å²) in [4.78, 5) is 30.5. The molecule has 5 aromatic rings. The van der Waals surface area contributed by atoms with Crippen LogP contribution in [-0.2, 0) is 6.54 Å². The maximum Gasteiger partial charge on any atom is 0.299 e. The van der Waals surface area contributed by atoms with Gasteiger partial charge in [0.25, 0.3) is 11.5 Å². The Kier molecular flexibility index (Phi) is 7.35. The van der Waals surface area contributed by atoms with Gasteiger partial charge in [0.05, 0.1) is 24.1 Å². The van der Waals surface area contributed by atoms with Gasteiger partial charge < -0.3 is 15.4 Å². The van der Waals surface area contributed by atoms with Crippen molar-refractivity contribution < 1.29 is 18.3 Å². The van der Waals surface area contributed by atoms with E-state index in [2.05, 4.69) is 20.7 Å². The highest BCUT2D eigenvalue weighted by molar-refractivity contribution is 5.95. The van der Waals surface area contributed by atoms with Crippen molar-refractivity contribution in [3.8, 4) is 17.2 Å². The van der Waals surface area contributed by atoms with Crippen LogP contribution in [0.2, 0.25) is 0 Å². The first-order valence-electron chi connectivity index (χ1n) is 11.8. The van der Waals surface area contributed by atoms with Crippen molar-refractivity contribution in [2.24, 2.45) is 0 Å². The van der Waals surface area contributed by atoms with Gasteiger partial charge in [-0.15, -0.1) is 0 Å². The number of nitrogens with zero attached hydrogens (tertiary/aromatic N) is 3. The Balaban J connectivity index is 1.46. The highest BCUT2D eigenvalue weighted by Crippen LogP contribution is 2.29. The van der Waals surface area contributed by atoms with Gasteiger partial charge in [0.1, 0.15) is 17.4 Å². The van der Waals surface area contributed by atoms with Crippen LogP contribution in [0.3, 0.4) is 0 Å². The van der Waals surface area contributed by atoms with E-state index >= 15 is 0 Å². The summed E-state index contributed by atoms with van der Waals surface area (Å²) in [6.07, 6.45) is 2.96. The summed E-state index contributed by atoms with van der Waals surface area (Å²) in [6.45, 7) is 0.250. The maximum absolute atomic E-state index is 13.5. The lowest BCUT2D eigenvalue weighted by molar-refractivity contribution is 0.0950. The normalized spacial score (nSPS) is 10.6. The number of halogens is 2. The summed E-state index contributed by atoms with van der Waals surface area (Å²) in [6, 6.07) is 22.5. The topological polar surface area (TPSA) is 98.1 Å². The number of carbonyl (C=O) groups excluding carboxylic acids is 1. The molecule has 0 bridgehead atoms. The van der Waals surface area contributed by atoms with E-state index in [-0.39, 0.29) is 29.6 Å². The largest absolute Gasteiger partial charge is 0.453 e. The van der Waals surface area contributed by atoms with Crippen molar-refractivity contribution >= 4 is 17.3 Å². The van der Waals surface area contributed by atoms with Gasteiger partial charge in [0, 0.05) is 17.4 Å². The first-order chi connectivity index (χ1) is 19.0. The Morgan fingerprint density at radius 2 is 1.64 bits per heavy atom. The lowest BCUT2D eigenvalue weighted by Gasteiger charge is -2.15. The number of aromatic nitrogens is 3. The zero-order valence-electron chi connectivity index (χ0n) is 20.3. The number of anilines is 2. The van der Waals surface area contributed by atoms with Gasteiger partial charge >= 0.3 is 0 Å². The van der Waals surface area contributed by atoms with Crippen LogP contribution in [0.5, 0.6) is 11.5 Å². The van der Waals surface area contributed by atoms with E-state index in [9.17, 15) is 18.4 Å². The third kappa shape index (κ3) is 6.13. The van der Waals surface area contributed by atoms with Crippen LogP contribution in [0.4, 0.5) is 20.2 Å². The van der Waals surface area contributed by atoms with Crippen LogP contribution in [-0.4, -0.2) is 20.7 Å². The van der Waals surface area contributed by atoms with Gasteiger partial charge in [-0.25, -0.2) is 8.78 Å². The molecule has 0 fully saturated rings. The summed E-state index contributed by atoms with van der Waals surface area (Å²) in [7, 11) is 0. The van der Waals surface area contributed by atoms with Gasteiger partial charge in [0.15, 0.2) is 11.4 Å². The second-order valence-corrected chi connectivity index (χ2v) is 8.34. The van der Waals surface area contributed by atoms with Crippen molar-refractivity contribution in [1.82, 2.24) is 20.1 Å². The van der Waals surface area contributed by atoms with Crippen LogP contribution in [0.15, 0.2) is 108 Å². The average Bonchev–Trinajstić information content (AvgIpc) is 2.96. The molecular formula is C29H21F2N5O3. The monoisotopic (exact) mass is 525 g/mol. The maximum atomic E-state index is 13.5. The molecule has 10 heteroatoms. The fourth-order valence-electron chi connectivity index (χ4n) is 3.68. The zero-order valence-corrected chi connectivity index (χ0v) is 20.3. The summed E-state index contributed by atoms with van der Waals surface area (Å²) >= 11 is 0. The molecule has 39 heavy (non-hydrogen) atoms. The third-order valence-corrected chi connectivity index (χ3v) is 5.61. The van der Waals surface area contributed by atoms with Crippen molar-refractivity contribution in [2.45, 2.75) is 6.54 Å². The molecule has 194 valence electrons. The highest BCUT2D eigenvalue weighted by atomic mass is 19.1. The number of ether oxygens (including phenoxy) is 1. The standard InChI is InChI=1S/C29H21F2N5O3/c30-20-7-11-24(12-8-20)36-29(38)27(26(18-34-36)39-25-13-9-21(31)10-14-25)35-22-6-3-4-19(16-22)28(37)33-17-23-5-1-2-15-32-23/h1-16,18,35H,17H2,(H,33,37). The summed E-state index contributed by atoms with van der Waals surface area (Å²) in [5, 5.41) is 10.0. The molecule has 8 nitrogen and oxygen atoms in total. The molecule has 0 radical (unpaired) electrons. The van der Waals surface area contributed by atoms with Crippen LogP contribution in [0.25, 0.3) is 5.69 Å². The summed E-state index contributed by atoms with van der Waals surface area (Å²) in [5.41, 5.74) is 1.24. The van der Waals surface area contributed by atoms with E-state index < -0.39 is 17.2 Å². The molecule has 0 saturated heterocycles. The van der Waals surface area contributed by atoms with Crippen LogP contribution < -0.4 is 20.9 Å². The fraction of sp³-hybridized carbons (Fsp3) is 0.0345. The number of rotatable bonds is 8. The van der Waals surface area contributed by atoms with Crippen molar-refractivity contribution in [1.29, 1.82) is 0 Å². The van der Waals surface area contributed by atoms with Gasteiger partial charge in [0.2, 0.25) is 0 Å². The van der Waals surface area contributed by atoms with E-state index in [1.54, 1.807) is 42.6 Å². The van der Waals surface area contributed by atoms with Crippen molar-refractivity contribution in [2.75, 3.05) is 5.32 Å². The Labute approximate surface area is 221 Å². The predicted molar refractivity (Wildman–Crippen MR) is 141 cm³/mol. The van der Waals surface area contributed by atoms with Crippen LogP contribution in [0, 0.1) is 11.6 Å². The quantitative estimate of drug-likeness (QED) is 0.283. The summed E-state index contributed by atoms with van der Waals surface area (Å²) < 4.78 is 33.8. The number of nitrogens with one attached hydrogen (secondary N) is 2. The molecule has 0 spiro atoms. The number of pyridine rings is 1. The molecule has 0 aliphatic rings. The minimum Gasteiger partial charge on any atom is -0.453 e. The SMILES string of the molecule is O=C(NCc1ccccn1)c1cccc(Nc2c(Oc3ccc(F)cc3)cnn(-c3ccc(F)cc3)c2=O)c1. The van der Waals surface area contributed by atoms with Crippen LogP contribution in [0.1, 0.15) is 16.1 Å². The predicted octanol–water partition coefficient (Wildman–Crippen LogP) is 5.37. The van der Waals surface area contributed by atoms with Gasteiger partial charge in [-0.3, -0.25) is 14.6 Å². The molecule has 0 aliphatic heterocycles. The molecule has 1 amide bonds. The van der Waals surface area contributed by atoms with Gasteiger partial charge in [-0.1, -0.05) is 12.1 Å². The molecule has 0 atom stereocenters. The van der Waals surface area contributed by atoms with Crippen molar-refractivity contribution in [3.63, 3.8) is 0 Å². The average molecular weight is 526 g/mol. The second-order valence-electron chi connectivity index (χ2n) is 8.34. The van der Waals surface area contributed by atoms with Crippen LogP contribution >= 0.6 is 0 Å². The molecular weight excluding hydrogens is 504 g/mol. The molecule has 2 heterocycles. The Bertz CT molecular complexity index is 1660. The second kappa shape index (κ2) is 11.3. The molecule has 3 aromatic carbocycles. The number of amides is 1. The van der Waals surface area contributed by atoms with Gasteiger partial charge in [-0.2, -0.15) is 9.78 Å². The van der Waals surface area contributed by atoms with Gasteiger partial charge in [-0.05, 0) is 78.9 Å². The number of hydrogen-bond acceptors (Lipinski definition) is 6. The molecule has 0 saturated carbocycles. The number of carbonyl (C=O) groups is 1. The van der Waals surface area contributed by atoms with E-state index in [0.29, 0.717) is 22.6 Å². The molecule has 0 unspecified atom stereocenters. The Morgan fingerprint density at radius 1 is 0.897 bits per heavy atom. The fourth-order valence-corrected chi connectivity index (χ4v) is 3.68. The molecule has 2 aromatic heterocycles. The first kappa shape index (κ1) is 25.3. The zero-order chi connectivity index (χ0) is 27.2. The smallest absolute Gasteiger partial charge is 0.299 e. The molecule has 2 N–H and O–H groups in total. The van der Waals surface area contributed by atoms with E-state index in [1.807, 2.05) is 6.07 Å². The van der Waals surface area contributed by atoms with E-state index in [1.165, 1.54) is 54.7 Å². The highest BCUT2D eigenvalue weighted by Gasteiger charge is 2.16. The number of benzene rings is 3. The van der Waals surface area contributed by atoms with E-state index in [0.717, 1.165) is 4.68 Å². The van der Waals surface area contributed by atoms with Crippen molar-refractivity contribution in [3.05, 3.63) is 137 Å². The first-order valence-corrected chi connectivity index (χ1v) is 11.8.